The summed E-state index contributed by atoms with van der Waals surface area (Å²) in [4.78, 5) is 46.3. The highest BCUT2D eigenvalue weighted by molar-refractivity contribution is 5.98. The van der Waals surface area contributed by atoms with Gasteiger partial charge in [-0.05, 0) is 53.8 Å². The largest absolute Gasteiger partial charge is 0.481 e. The van der Waals surface area contributed by atoms with Gasteiger partial charge in [0.25, 0.3) is 5.91 Å². The Morgan fingerprint density at radius 3 is 2.57 bits per heavy atom. The molecule has 1 aliphatic heterocycles. The molecule has 3 aromatic carbocycles. The van der Waals surface area contributed by atoms with Gasteiger partial charge in [-0.3, -0.25) is 14.4 Å². The van der Waals surface area contributed by atoms with E-state index in [1.807, 2.05) is 48.5 Å². The van der Waals surface area contributed by atoms with E-state index in [1.165, 1.54) is 4.90 Å². The molecule has 9 nitrogen and oxygen atoms in total. The Kier molecular flexibility index (Phi) is 6.85. The fourth-order valence-electron chi connectivity index (χ4n) is 4.65. The van der Waals surface area contributed by atoms with Crippen LogP contribution in [0.15, 0.2) is 72.8 Å². The van der Waals surface area contributed by atoms with Crippen molar-refractivity contribution in [1.82, 2.24) is 20.2 Å². The average Bonchev–Trinajstić information content (AvgIpc) is 3.26. The van der Waals surface area contributed by atoms with Crippen molar-refractivity contribution in [2.45, 2.75) is 25.3 Å². The molecule has 188 valence electrons. The maximum atomic E-state index is 13.1. The highest BCUT2D eigenvalue weighted by atomic mass is 16.4. The van der Waals surface area contributed by atoms with Crippen LogP contribution in [0.5, 0.6) is 0 Å². The highest BCUT2D eigenvalue weighted by Crippen LogP contribution is 2.31. The number of carbonyl (C=O) groups excluding carboxylic acids is 2. The van der Waals surface area contributed by atoms with E-state index < -0.39 is 5.97 Å². The third-order valence-corrected chi connectivity index (χ3v) is 6.52. The van der Waals surface area contributed by atoms with E-state index in [0.717, 1.165) is 27.8 Å². The fourth-order valence-corrected chi connectivity index (χ4v) is 4.65. The molecule has 9 heteroatoms. The second-order valence-corrected chi connectivity index (χ2v) is 9.10. The van der Waals surface area contributed by atoms with Gasteiger partial charge in [-0.15, -0.1) is 0 Å². The molecule has 0 fully saturated rings. The van der Waals surface area contributed by atoms with E-state index in [0.29, 0.717) is 31.0 Å². The summed E-state index contributed by atoms with van der Waals surface area (Å²) in [5.41, 5.74) is 4.80. The number of aromatic nitrogens is 2. The summed E-state index contributed by atoms with van der Waals surface area (Å²) in [6.45, 7) is 0.559. The molecule has 0 saturated carbocycles. The number of carboxylic acids is 1. The number of fused-ring (bicyclic) bond motifs is 2. The number of aromatic amines is 1. The first-order valence-electron chi connectivity index (χ1n) is 12.1. The zero-order valence-electron chi connectivity index (χ0n) is 20.1. The van der Waals surface area contributed by atoms with E-state index in [9.17, 15) is 19.5 Å². The van der Waals surface area contributed by atoms with Crippen LogP contribution >= 0.6 is 0 Å². The van der Waals surface area contributed by atoms with Crippen molar-refractivity contribution in [3.8, 4) is 0 Å². The van der Waals surface area contributed by atoms with Gasteiger partial charge in [0.15, 0.2) is 0 Å². The molecule has 4 aromatic rings. The number of imidazole rings is 1. The minimum atomic E-state index is -0.905. The molecular formula is C28H27N5O4. The molecule has 0 spiro atoms. The molecule has 0 saturated heterocycles. The van der Waals surface area contributed by atoms with E-state index in [1.54, 1.807) is 24.3 Å². The molecule has 5 rings (SSSR count). The number of carbonyl (C=O) groups is 3. The zero-order chi connectivity index (χ0) is 25.8. The van der Waals surface area contributed by atoms with Crippen LogP contribution in [0, 0.1) is 0 Å². The van der Waals surface area contributed by atoms with Gasteiger partial charge in [0, 0.05) is 24.3 Å². The van der Waals surface area contributed by atoms with Crippen molar-refractivity contribution in [3.63, 3.8) is 0 Å². The lowest BCUT2D eigenvalue weighted by Gasteiger charge is -2.20. The Morgan fingerprint density at radius 2 is 1.78 bits per heavy atom. The Bertz CT molecular complexity index is 1410. The topological polar surface area (TPSA) is 127 Å². The quantitative estimate of drug-likeness (QED) is 0.291. The molecule has 2 amide bonds. The van der Waals surface area contributed by atoms with Gasteiger partial charge in [-0.1, -0.05) is 42.5 Å². The predicted molar refractivity (Wildman–Crippen MR) is 140 cm³/mol. The molecule has 1 atom stereocenters. The van der Waals surface area contributed by atoms with Crippen molar-refractivity contribution >= 4 is 40.5 Å². The van der Waals surface area contributed by atoms with Crippen LogP contribution in [0.25, 0.3) is 11.0 Å². The van der Waals surface area contributed by atoms with Gasteiger partial charge in [0.05, 0.1) is 24.0 Å². The number of rotatable bonds is 8. The predicted octanol–water partition coefficient (Wildman–Crippen LogP) is 4.03. The van der Waals surface area contributed by atoms with Crippen LogP contribution in [-0.4, -0.2) is 50.8 Å². The van der Waals surface area contributed by atoms with Crippen molar-refractivity contribution in [2.24, 2.45) is 0 Å². The second-order valence-electron chi connectivity index (χ2n) is 9.10. The summed E-state index contributed by atoms with van der Waals surface area (Å²) >= 11 is 0. The zero-order valence-corrected chi connectivity index (χ0v) is 20.1. The first-order chi connectivity index (χ1) is 18.0. The molecule has 0 bridgehead atoms. The number of nitrogens with zero attached hydrogens (tertiary/aromatic N) is 2. The fraction of sp³-hybridized carbons (Fsp3) is 0.214. The number of para-hydroxylation sites is 2. The molecule has 1 unspecified atom stereocenters. The average molecular weight is 498 g/mol. The van der Waals surface area contributed by atoms with Crippen LogP contribution in [0.4, 0.5) is 11.6 Å². The third-order valence-electron chi connectivity index (χ3n) is 6.52. The molecule has 37 heavy (non-hydrogen) atoms. The van der Waals surface area contributed by atoms with Crippen molar-refractivity contribution < 1.29 is 19.5 Å². The third kappa shape index (κ3) is 5.61. The first-order valence-corrected chi connectivity index (χ1v) is 12.1. The van der Waals surface area contributed by atoms with Crippen LogP contribution in [0.2, 0.25) is 0 Å². The maximum absolute atomic E-state index is 13.1. The normalized spacial score (nSPS) is 15.2. The number of hydrogen-bond donors (Lipinski definition) is 4. The lowest BCUT2D eigenvalue weighted by atomic mass is 9.90. The van der Waals surface area contributed by atoms with Gasteiger partial charge < -0.3 is 25.6 Å². The van der Waals surface area contributed by atoms with E-state index in [-0.39, 0.29) is 30.7 Å². The summed E-state index contributed by atoms with van der Waals surface area (Å²) in [6, 6.07) is 22.5. The first kappa shape index (κ1) is 24.1. The van der Waals surface area contributed by atoms with Crippen LogP contribution in [0.1, 0.15) is 40.2 Å². The lowest BCUT2D eigenvalue weighted by molar-refractivity contribution is -0.137. The minimum absolute atomic E-state index is 0.0501. The second kappa shape index (κ2) is 10.5. The number of nitrogens with one attached hydrogen (secondary N) is 3. The molecule has 0 aliphatic carbocycles. The van der Waals surface area contributed by atoms with Gasteiger partial charge >= 0.3 is 5.97 Å². The number of hydrogen-bond acceptors (Lipinski definition) is 5. The molecule has 4 N–H and O–H groups in total. The SMILES string of the molecule is O=C(O)CC1CCN(CC(=O)NCc2ccc(Nc3nc4ccccc4[nH]3)cc2)C(=O)c2ccccc21. The van der Waals surface area contributed by atoms with Crippen molar-refractivity contribution in [2.75, 3.05) is 18.4 Å². The molecule has 1 aromatic heterocycles. The molecule has 0 radical (unpaired) electrons. The Balaban J connectivity index is 1.17. The molecule has 1 aliphatic rings. The number of benzene rings is 3. The Labute approximate surface area is 213 Å². The van der Waals surface area contributed by atoms with Crippen LogP contribution in [-0.2, 0) is 16.1 Å². The van der Waals surface area contributed by atoms with Gasteiger partial charge in [-0.2, -0.15) is 0 Å². The number of H-pyrrole nitrogens is 1. The van der Waals surface area contributed by atoms with Crippen molar-refractivity contribution in [3.05, 3.63) is 89.5 Å². The molecule has 2 heterocycles. The Hall–Kier alpha value is -4.66. The van der Waals surface area contributed by atoms with Gasteiger partial charge in [0.2, 0.25) is 11.9 Å². The summed E-state index contributed by atoms with van der Waals surface area (Å²) < 4.78 is 0. The lowest BCUT2D eigenvalue weighted by Crippen LogP contribution is -2.40. The minimum Gasteiger partial charge on any atom is -0.481 e. The standard InChI is InChI=1S/C28H27N5O4/c34-25(17-33-14-13-19(15-26(35)36)21-5-1-2-6-22(21)27(33)37)29-16-18-9-11-20(12-10-18)30-28-31-23-7-3-4-8-24(23)32-28/h1-12,19H,13-17H2,(H,29,34)(H,35,36)(H2,30,31,32). The monoisotopic (exact) mass is 497 g/mol. The number of amides is 2. The smallest absolute Gasteiger partial charge is 0.303 e. The highest BCUT2D eigenvalue weighted by Gasteiger charge is 2.30. The van der Waals surface area contributed by atoms with Crippen LogP contribution in [0.3, 0.4) is 0 Å². The van der Waals surface area contributed by atoms with E-state index >= 15 is 0 Å². The Morgan fingerprint density at radius 1 is 1.03 bits per heavy atom. The van der Waals surface area contributed by atoms with E-state index in [2.05, 4.69) is 20.6 Å². The summed E-state index contributed by atoms with van der Waals surface area (Å²) in [7, 11) is 0. The summed E-state index contributed by atoms with van der Waals surface area (Å²) in [5, 5.41) is 15.4. The van der Waals surface area contributed by atoms with Gasteiger partial charge in [-0.25, -0.2) is 4.98 Å². The number of aliphatic carboxylic acids is 1. The maximum Gasteiger partial charge on any atom is 0.303 e. The van der Waals surface area contributed by atoms with Crippen molar-refractivity contribution in [1.29, 1.82) is 0 Å². The summed E-state index contributed by atoms with van der Waals surface area (Å²) in [5.74, 6) is -1.04. The summed E-state index contributed by atoms with van der Waals surface area (Å²) in [6.07, 6.45) is 0.438. The van der Waals surface area contributed by atoms with E-state index in [4.69, 9.17) is 0 Å². The number of anilines is 2. The van der Waals surface area contributed by atoms with Crippen LogP contribution < -0.4 is 10.6 Å². The number of carboxylic acid groups (broad SMARTS) is 1. The van der Waals surface area contributed by atoms with Gasteiger partial charge in [0.1, 0.15) is 0 Å². The molecular weight excluding hydrogens is 470 g/mol.